The second-order valence-electron chi connectivity index (χ2n) is 7.02. The normalized spacial score (nSPS) is 25.5. The molecular formula is C20H36N2O3Si. The van der Waals surface area contributed by atoms with Gasteiger partial charge in [0, 0.05) is 34.4 Å². The van der Waals surface area contributed by atoms with Gasteiger partial charge in [-0.15, -0.1) is 0 Å². The lowest BCUT2D eigenvalue weighted by Gasteiger charge is -2.55. The molecule has 0 aromatic heterocycles. The van der Waals surface area contributed by atoms with E-state index in [1.54, 1.807) is 14.2 Å². The van der Waals surface area contributed by atoms with Crippen molar-refractivity contribution in [3.63, 3.8) is 0 Å². The van der Waals surface area contributed by atoms with Crippen molar-refractivity contribution in [1.29, 1.82) is 0 Å². The molecule has 1 saturated heterocycles. The van der Waals surface area contributed by atoms with Crippen LogP contribution in [0.5, 0.6) is 0 Å². The number of nitrogens with zero attached hydrogens (tertiary/aromatic N) is 1. The molecule has 1 aliphatic heterocycles. The maximum absolute atomic E-state index is 6.29. The van der Waals surface area contributed by atoms with E-state index in [0.717, 1.165) is 44.8 Å². The summed E-state index contributed by atoms with van der Waals surface area (Å²) < 4.78 is 18.5. The fourth-order valence-corrected chi connectivity index (χ4v) is 8.73. The lowest BCUT2D eigenvalue weighted by Crippen LogP contribution is -2.74. The summed E-state index contributed by atoms with van der Waals surface area (Å²) in [5.74, 6) is 0. The van der Waals surface area contributed by atoms with Gasteiger partial charge in [-0.1, -0.05) is 50.6 Å². The lowest BCUT2D eigenvalue weighted by molar-refractivity contribution is -0.0867. The number of ether oxygens (including phenoxy) is 1. The van der Waals surface area contributed by atoms with Gasteiger partial charge in [-0.25, -0.2) is 5.01 Å². The van der Waals surface area contributed by atoms with E-state index in [4.69, 9.17) is 13.6 Å². The average molecular weight is 381 g/mol. The van der Waals surface area contributed by atoms with Crippen LogP contribution in [0.4, 0.5) is 0 Å². The second kappa shape index (κ2) is 9.97. The molecule has 2 atom stereocenters. The van der Waals surface area contributed by atoms with E-state index in [2.05, 4.69) is 54.6 Å². The van der Waals surface area contributed by atoms with Gasteiger partial charge in [0.15, 0.2) is 0 Å². The topological polar surface area (TPSA) is 43.0 Å². The molecule has 0 spiro atoms. The van der Waals surface area contributed by atoms with E-state index < -0.39 is 8.56 Å². The van der Waals surface area contributed by atoms with E-state index in [9.17, 15) is 0 Å². The Morgan fingerprint density at radius 1 is 1.15 bits per heavy atom. The summed E-state index contributed by atoms with van der Waals surface area (Å²) in [6, 6.07) is 11.7. The van der Waals surface area contributed by atoms with Crippen LogP contribution in [0.1, 0.15) is 45.1 Å². The minimum absolute atomic E-state index is 0.237. The molecule has 1 aromatic carbocycles. The van der Waals surface area contributed by atoms with Gasteiger partial charge < -0.3 is 13.6 Å². The molecule has 2 unspecified atom stereocenters. The number of nitrogens with one attached hydrogen (secondary N) is 1. The highest BCUT2D eigenvalue weighted by Crippen LogP contribution is 2.44. The Morgan fingerprint density at radius 3 is 2.38 bits per heavy atom. The summed E-state index contributed by atoms with van der Waals surface area (Å²) in [5, 5.41) is 1.98. The van der Waals surface area contributed by atoms with Gasteiger partial charge in [-0.2, -0.15) is 0 Å². The number of methoxy groups -OCH3 is 1. The van der Waals surface area contributed by atoms with Gasteiger partial charge in [-0.05, 0) is 30.9 Å². The molecule has 2 rings (SSSR count). The van der Waals surface area contributed by atoms with Crippen LogP contribution < -0.4 is 5.43 Å². The zero-order chi connectivity index (χ0) is 19.0. The minimum Gasteiger partial charge on any atom is -0.396 e. The Bertz CT molecular complexity index is 527. The van der Waals surface area contributed by atoms with E-state index in [1.165, 1.54) is 5.56 Å². The Labute approximate surface area is 160 Å². The van der Waals surface area contributed by atoms with Crippen molar-refractivity contribution in [2.75, 3.05) is 27.9 Å². The van der Waals surface area contributed by atoms with Gasteiger partial charge in [-0.3, -0.25) is 5.43 Å². The third-order valence-corrected chi connectivity index (χ3v) is 10.3. The van der Waals surface area contributed by atoms with Gasteiger partial charge in [0.25, 0.3) is 0 Å². The molecule has 0 amide bonds. The van der Waals surface area contributed by atoms with Crippen molar-refractivity contribution >= 4 is 8.56 Å². The molecular weight excluding hydrogens is 344 g/mol. The fraction of sp³-hybridized carbons (Fsp3) is 0.700. The van der Waals surface area contributed by atoms with Crippen molar-refractivity contribution in [1.82, 2.24) is 10.4 Å². The molecule has 1 heterocycles. The summed E-state index contributed by atoms with van der Waals surface area (Å²) in [4.78, 5) is 0. The molecule has 1 N–H and O–H groups in total. The SMILES string of the molecule is CCCC1(OC)C(N(CC)NCc2ccccc2)CCC[Si]1(OC)OC. The summed E-state index contributed by atoms with van der Waals surface area (Å²) in [7, 11) is 2.95. The van der Waals surface area contributed by atoms with E-state index in [1.807, 2.05) is 7.11 Å². The predicted octanol–water partition coefficient (Wildman–Crippen LogP) is 3.64. The zero-order valence-electron chi connectivity index (χ0n) is 17.1. The molecule has 0 aliphatic carbocycles. The number of likely N-dealkylation sites (N-methyl/N-ethyl adjacent to an activating group) is 1. The number of hydrogen-bond acceptors (Lipinski definition) is 5. The van der Waals surface area contributed by atoms with Crippen LogP contribution in [-0.4, -0.2) is 52.7 Å². The first-order valence-electron chi connectivity index (χ1n) is 9.82. The van der Waals surface area contributed by atoms with Crippen LogP contribution in [0.15, 0.2) is 30.3 Å². The van der Waals surface area contributed by atoms with Crippen LogP contribution in [0.2, 0.25) is 6.04 Å². The molecule has 148 valence electrons. The van der Waals surface area contributed by atoms with Gasteiger partial charge in [0.05, 0.1) is 6.04 Å². The Hall–Kier alpha value is -0.763. The quantitative estimate of drug-likeness (QED) is 0.496. The summed E-state index contributed by atoms with van der Waals surface area (Å²) in [6.07, 6.45) is 4.19. The van der Waals surface area contributed by atoms with E-state index >= 15 is 0 Å². The first-order valence-corrected chi connectivity index (χ1v) is 11.8. The standard InChI is InChI=1S/C20H36N2O3Si/c1-6-15-20(23-3)19(14-11-16-26(20,24-4)25-5)22(7-2)21-17-18-12-9-8-10-13-18/h8-10,12-13,19,21H,6-7,11,14-17H2,1-5H3. The monoisotopic (exact) mass is 380 g/mol. The molecule has 1 aliphatic rings. The first kappa shape index (κ1) is 21.5. The van der Waals surface area contributed by atoms with Crippen LogP contribution >= 0.6 is 0 Å². The van der Waals surface area contributed by atoms with E-state index in [0.29, 0.717) is 0 Å². The van der Waals surface area contributed by atoms with Gasteiger partial charge >= 0.3 is 8.56 Å². The van der Waals surface area contributed by atoms with Gasteiger partial charge in [0.1, 0.15) is 5.22 Å². The highest BCUT2D eigenvalue weighted by Gasteiger charge is 2.64. The molecule has 0 bridgehead atoms. The van der Waals surface area contributed by atoms with Crippen LogP contribution in [0, 0.1) is 0 Å². The summed E-state index contributed by atoms with van der Waals surface area (Å²) >= 11 is 0. The fourth-order valence-electron chi connectivity index (χ4n) is 4.62. The average Bonchev–Trinajstić information content (AvgIpc) is 2.70. The Kier molecular flexibility index (Phi) is 8.26. The number of rotatable bonds is 10. The highest BCUT2D eigenvalue weighted by atomic mass is 28.4. The van der Waals surface area contributed by atoms with Crippen molar-refractivity contribution in [3.8, 4) is 0 Å². The number of benzene rings is 1. The number of hydrogen-bond donors (Lipinski definition) is 1. The van der Waals surface area contributed by atoms with Crippen molar-refractivity contribution in [3.05, 3.63) is 35.9 Å². The molecule has 5 nitrogen and oxygen atoms in total. The van der Waals surface area contributed by atoms with Crippen molar-refractivity contribution in [2.24, 2.45) is 0 Å². The smallest absolute Gasteiger partial charge is 0.372 e. The van der Waals surface area contributed by atoms with Gasteiger partial charge in [0.2, 0.25) is 0 Å². The third-order valence-electron chi connectivity index (χ3n) is 5.86. The molecule has 1 fully saturated rings. The first-order chi connectivity index (χ1) is 12.6. The van der Waals surface area contributed by atoms with E-state index in [-0.39, 0.29) is 11.3 Å². The molecule has 6 heteroatoms. The number of hydrazine groups is 1. The molecule has 0 radical (unpaired) electrons. The van der Waals surface area contributed by atoms with Crippen LogP contribution in [-0.2, 0) is 20.1 Å². The maximum atomic E-state index is 6.29. The van der Waals surface area contributed by atoms with Crippen molar-refractivity contribution < 1.29 is 13.6 Å². The maximum Gasteiger partial charge on any atom is 0.372 e. The van der Waals surface area contributed by atoms with Crippen LogP contribution in [0.3, 0.4) is 0 Å². The zero-order valence-corrected chi connectivity index (χ0v) is 18.1. The minimum atomic E-state index is -2.49. The molecule has 1 aromatic rings. The summed E-state index contributed by atoms with van der Waals surface area (Å²) in [6.45, 7) is 6.13. The van der Waals surface area contributed by atoms with Crippen LogP contribution in [0.25, 0.3) is 0 Å². The molecule has 26 heavy (non-hydrogen) atoms. The third kappa shape index (κ3) is 4.05. The lowest BCUT2D eigenvalue weighted by atomic mass is 9.99. The highest BCUT2D eigenvalue weighted by molar-refractivity contribution is 6.71. The Morgan fingerprint density at radius 2 is 1.85 bits per heavy atom. The largest absolute Gasteiger partial charge is 0.396 e. The predicted molar refractivity (Wildman–Crippen MR) is 108 cm³/mol. The Balaban J connectivity index is 2.29. The summed E-state index contributed by atoms with van der Waals surface area (Å²) in [5.41, 5.74) is 4.93. The van der Waals surface area contributed by atoms with Crippen molar-refractivity contribution in [2.45, 2.75) is 63.4 Å². The molecule has 0 saturated carbocycles. The second-order valence-corrected chi connectivity index (χ2v) is 10.7.